The first-order chi connectivity index (χ1) is 5.81. The fourth-order valence-corrected chi connectivity index (χ4v) is 1.64. The van der Waals surface area contributed by atoms with Crippen LogP contribution in [0.4, 0.5) is 0 Å². The highest BCUT2D eigenvalue weighted by atomic mass is 35.5. The van der Waals surface area contributed by atoms with Gasteiger partial charge in [-0.3, -0.25) is 0 Å². The molecule has 0 unspecified atom stereocenters. The van der Waals surface area contributed by atoms with E-state index in [9.17, 15) is 0 Å². The minimum absolute atomic E-state index is 0. The maximum absolute atomic E-state index is 9.06. The maximum atomic E-state index is 9.06. The molecule has 2 atom stereocenters. The number of rotatable bonds is 2. The van der Waals surface area contributed by atoms with Gasteiger partial charge in [0.1, 0.15) is 5.75 Å². The van der Waals surface area contributed by atoms with Crippen LogP contribution in [0.1, 0.15) is 17.9 Å². The van der Waals surface area contributed by atoms with E-state index in [1.807, 2.05) is 12.1 Å². The third-order valence-electron chi connectivity index (χ3n) is 2.55. The molecule has 0 bridgehead atoms. The molecular weight excluding hydrogens is 186 g/mol. The highest BCUT2D eigenvalue weighted by Gasteiger charge is 2.36. The van der Waals surface area contributed by atoms with E-state index in [1.54, 1.807) is 12.1 Å². The zero-order valence-electron chi connectivity index (χ0n) is 7.31. The molecule has 2 rings (SSSR count). The van der Waals surface area contributed by atoms with Crippen LogP contribution >= 0.6 is 12.4 Å². The van der Waals surface area contributed by atoms with Crippen molar-refractivity contribution in [1.29, 1.82) is 0 Å². The Morgan fingerprint density at radius 1 is 1.31 bits per heavy atom. The molecule has 0 saturated heterocycles. The van der Waals surface area contributed by atoms with Crippen molar-refractivity contribution in [3.05, 3.63) is 29.8 Å². The van der Waals surface area contributed by atoms with Crippen LogP contribution < -0.4 is 5.73 Å². The highest BCUT2D eigenvalue weighted by Crippen LogP contribution is 2.46. The molecule has 13 heavy (non-hydrogen) atoms. The van der Waals surface area contributed by atoms with E-state index >= 15 is 0 Å². The summed E-state index contributed by atoms with van der Waals surface area (Å²) in [6.45, 7) is 0.783. The lowest BCUT2D eigenvalue weighted by molar-refractivity contribution is 0.475. The summed E-state index contributed by atoms with van der Waals surface area (Å²) in [5, 5.41) is 9.06. The molecule has 0 aromatic heterocycles. The van der Waals surface area contributed by atoms with E-state index < -0.39 is 0 Å². The van der Waals surface area contributed by atoms with Gasteiger partial charge in [0.05, 0.1) is 0 Å². The monoisotopic (exact) mass is 199 g/mol. The van der Waals surface area contributed by atoms with Crippen LogP contribution in [0.5, 0.6) is 5.75 Å². The van der Waals surface area contributed by atoms with Gasteiger partial charge in [-0.1, -0.05) is 12.1 Å². The van der Waals surface area contributed by atoms with Crippen molar-refractivity contribution in [2.75, 3.05) is 6.54 Å². The minimum Gasteiger partial charge on any atom is -0.508 e. The van der Waals surface area contributed by atoms with Crippen LogP contribution in [0, 0.1) is 5.92 Å². The van der Waals surface area contributed by atoms with E-state index in [1.165, 1.54) is 12.0 Å². The third-order valence-corrected chi connectivity index (χ3v) is 2.55. The molecule has 0 radical (unpaired) electrons. The second-order valence-corrected chi connectivity index (χ2v) is 3.43. The summed E-state index contributed by atoms with van der Waals surface area (Å²) in [7, 11) is 0. The van der Waals surface area contributed by atoms with Gasteiger partial charge in [0.2, 0.25) is 0 Å². The Labute approximate surface area is 84.2 Å². The summed E-state index contributed by atoms with van der Waals surface area (Å²) >= 11 is 0. The quantitative estimate of drug-likeness (QED) is 0.764. The summed E-state index contributed by atoms with van der Waals surface area (Å²) in [5.74, 6) is 1.66. The molecule has 1 aromatic rings. The van der Waals surface area contributed by atoms with Crippen LogP contribution in [0.15, 0.2) is 24.3 Å². The van der Waals surface area contributed by atoms with Crippen molar-refractivity contribution in [1.82, 2.24) is 0 Å². The van der Waals surface area contributed by atoms with Crippen LogP contribution in [0.3, 0.4) is 0 Å². The Morgan fingerprint density at radius 2 is 1.92 bits per heavy atom. The lowest BCUT2D eigenvalue weighted by atomic mass is 10.1. The summed E-state index contributed by atoms with van der Waals surface area (Å²) in [6.07, 6.45) is 1.21. The zero-order valence-corrected chi connectivity index (χ0v) is 8.13. The number of phenols is 1. The van der Waals surface area contributed by atoms with E-state index in [-0.39, 0.29) is 12.4 Å². The maximum Gasteiger partial charge on any atom is 0.115 e. The predicted octanol–water partition coefficient (Wildman–Crippen LogP) is 1.88. The largest absolute Gasteiger partial charge is 0.508 e. The standard InChI is InChI=1S/C10H13NO.ClH/c11-6-8-5-10(8)7-1-3-9(12)4-2-7;/h1-4,8,10,12H,5-6,11H2;1H/t8-,10-;/m1./s1. The Hall–Kier alpha value is -0.730. The molecule has 0 aliphatic heterocycles. The normalized spacial score (nSPS) is 25.0. The van der Waals surface area contributed by atoms with Gasteiger partial charge >= 0.3 is 0 Å². The highest BCUT2D eigenvalue weighted by molar-refractivity contribution is 5.85. The first kappa shape index (κ1) is 10.4. The van der Waals surface area contributed by atoms with Crippen LogP contribution in [0.25, 0.3) is 0 Å². The Balaban J connectivity index is 0.000000845. The van der Waals surface area contributed by atoms with Gasteiger partial charge in [-0.25, -0.2) is 0 Å². The second kappa shape index (κ2) is 3.99. The number of aromatic hydroxyl groups is 1. The van der Waals surface area contributed by atoms with E-state index in [0.717, 1.165) is 6.54 Å². The van der Waals surface area contributed by atoms with Gasteiger partial charge in [-0.2, -0.15) is 0 Å². The molecule has 2 nitrogen and oxygen atoms in total. The molecule has 72 valence electrons. The van der Waals surface area contributed by atoms with Crippen molar-refractivity contribution in [3.8, 4) is 5.75 Å². The van der Waals surface area contributed by atoms with Crippen molar-refractivity contribution < 1.29 is 5.11 Å². The second-order valence-electron chi connectivity index (χ2n) is 3.43. The van der Waals surface area contributed by atoms with Crippen molar-refractivity contribution >= 4 is 12.4 Å². The van der Waals surface area contributed by atoms with Crippen molar-refractivity contribution in [2.24, 2.45) is 11.7 Å². The molecule has 3 heteroatoms. The number of halogens is 1. The van der Waals surface area contributed by atoms with Gasteiger partial charge in [-0.15, -0.1) is 12.4 Å². The first-order valence-corrected chi connectivity index (χ1v) is 4.30. The summed E-state index contributed by atoms with van der Waals surface area (Å²) in [6, 6.07) is 7.44. The molecule has 0 spiro atoms. The smallest absolute Gasteiger partial charge is 0.115 e. The average molecular weight is 200 g/mol. The lowest BCUT2D eigenvalue weighted by Gasteiger charge is -1.98. The number of nitrogens with two attached hydrogens (primary N) is 1. The molecule has 1 aliphatic rings. The summed E-state index contributed by atoms with van der Waals surface area (Å²) < 4.78 is 0. The predicted molar refractivity (Wildman–Crippen MR) is 55.3 cm³/mol. The molecule has 1 aliphatic carbocycles. The van der Waals surface area contributed by atoms with Crippen molar-refractivity contribution in [3.63, 3.8) is 0 Å². The Kier molecular flexibility index (Phi) is 3.17. The molecule has 0 amide bonds. The SMILES string of the molecule is Cl.NC[C@H]1C[C@@H]1c1ccc(O)cc1. The molecule has 3 N–H and O–H groups in total. The molecule has 1 aromatic carbocycles. The fraction of sp³-hybridized carbons (Fsp3) is 0.400. The van der Waals surface area contributed by atoms with Gasteiger partial charge in [0.15, 0.2) is 0 Å². The number of hydrogen-bond donors (Lipinski definition) is 2. The van der Waals surface area contributed by atoms with E-state index in [0.29, 0.717) is 17.6 Å². The zero-order chi connectivity index (χ0) is 8.55. The van der Waals surface area contributed by atoms with Crippen LogP contribution in [0.2, 0.25) is 0 Å². The Morgan fingerprint density at radius 3 is 2.38 bits per heavy atom. The third kappa shape index (κ3) is 2.14. The number of phenolic OH excluding ortho intramolecular Hbond substituents is 1. The Bertz CT molecular complexity index is 273. The first-order valence-electron chi connectivity index (χ1n) is 4.30. The fourth-order valence-electron chi connectivity index (χ4n) is 1.64. The molecule has 1 fully saturated rings. The van der Waals surface area contributed by atoms with Gasteiger partial charge in [0, 0.05) is 0 Å². The summed E-state index contributed by atoms with van der Waals surface area (Å²) in [5.41, 5.74) is 6.85. The van der Waals surface area contributed by atoms with Crippen molar-refractivity contribution in [2.45, 2.75) is 12.3 Å². The molecular formula is C10H14ClNO. The van der Waals surface area contributed by atoms with Gasteiger partial charge in [0.25, 0.3) is 0 Å². The lowest BCUT2D eigenvalue weighted by Crippen LogP contribution is -2.01. The van der Waals surface area contributed by atoms with Crippen LogP contribution in [-0.2, 0) is 0 Å². The van der Waals surface area contributed by atoms with Crippen LogP contribution in [-0.4, -0.2) is 11.7 Å². The van der Waals surface area contributed by atoms with Gasteiger partial charge < -0.3 is 10.8 Å². The minimum atomic E-state index is 0. The number of benzene rings is 1. The number of hydrogen-bond acceptors (Lipinski definition) is 2. The summed E-state index contributed by atoms with van der Waals surface area (Å²) in [4.78, 5) is 0. The van der Waals surface area contributed by atoms with Gasteiger partial charge in [-0.05, 0) is 42.5 Å². The van der Waals surface area contributed by atoms with E-state index in [2.05, 4.69) is 0 Å². The molecule has 0 heterocycles. The average Bonchev–Trinajstić information content (AvgIpc) is 2.85. The topological polar surface area (TPSA) is 46.2 Å². The molecule has 1 saturated carbocycles. The van der Waals surface area contributed by atoms with E-state index in [4.69, 9.17) is 10.8 Å².